The summed E-state index contributed by atoms with van der Waals surface area (Å²) in [4.78, 5) is 48.9. The maximum Gasteiger partial charge on any atom is 0.303 e. The molecule has 3 aliphatic rings. The monoisotopic (exact) mass is 1380 g/mol. The average molecular weight is 1380 g/mol. The van der Waals surface area contributed by atoms with Crippen LogP contribution in [0.5, 0.6) is 0 Å². The van der Waals surface area contributed by atoms with Crippen LogP contribution in [0.25, 0.3) is 105 Å². The van der Waals surface area contributed by atoms with E-state index in [9.17, 15) is 29.9 Å². The van der Waals surface area contributed by atoms with E-state index in [1.54, 1.807) is 19.7 Å². The quantitative estimate of drug-likeness (QED) is 0.0589. The molecule has 3 saturated carbocycles. The molecule has 8 aromatic carbocycles. The number of fused-ring (bicyclic) bond motifs is 6. The first kappa shape index (κ1) is 67.5. The zero-order valence-electron chi connectivity index (χ0n) is 57.5. The summed E-state index contributed by atoms with van der Waals surface area (Å²) >= 11 is 0. The summed E-state index contributed by atoms with van der Waals surface area (Å²) in [5.41, 5.74) is 35.0. The molecule has 17 rings (SSSR count). The highest BCUT2D eigenvalue weighted by molar-refractivity contribution is 5.94. The van der Waals surface area contributed by atoms with Crippen molar-refractivity contribution in [2.45, 2.75) is 114 Å². The second-order valence-corrected chi connectivity index (χ2v) is 28.1. The Hall–Kier alpha value is -12.3. The molecule has 0 bridgehead atoms. The van der Waals surface area contributed by atoms with Crippen LogP contribution in [-0.4, -0.2) is 77.0 Å². The second-order valence-electron chi connectivity index (χ2n) is 28.1. The molecule has 14 aromatic rings. The molecule has 3 aliphatic carbocycles. The van der Waals surface area contributed by atoms with Crippen molar-refractivity contribution in [3.05, 3.63) is 229 Å². The van der Waals surface area contributed by atoms with Gasteiger partial charge in [0.25, 0.3) is 0 Å². The van der Waals surface area contributed by atoms with Gasteiger partial charge >= 0.3 is 17.9 Å². The smallest absolute Gasteiger partial charge is 0.303 e. The van der Waals surface area contributed by atoms with Crippen molar-refractivity contribution >= 4 is 84.6 Å². The molecule has 9 N–H and O–H groups in total. The molecular weight excluding hydrogens is 1300 g/mol. The first-order valence-electron chi connectivity index (χ1n) is 35.9. The van der Waals surface area contributed by atoms with Crippen LogP contribution < -0.4 is 17.2 Å². The minimum Gasteiger partial charge on any atom is -0.481 e. The molecule has 0 amide bonds. The Morgan fingerprint density at radius 2 is 0.654 bits per heavy atom. The van der Waals surface area contributed by atoms with E-state index < -0.39 is 17.9 Å². The van der Waals surface area contributed by atoms with Crippen molar-refractivity contribution in [1.29, 1.82) is 5.26 Å². The number of anilines is 3. The molecule has 19 nitrogen and oxygen atoms in total. The maximum atomic E-state index is 11.2. The highest BCUT2D eigenvalue weighted by atomic mass is 16.4. The molecule has 0 saturated heterocycles. The maximum absolute atomic E-state index is 11.2. The van der Waals surface area contributed by atoms with Crippen LogP contribution in [0.15, 0.2) is 207 Å². The first-order valence-corrected chi connectivity index (χ1v) is 35.9. The molecule has 3 fully saturated rings. The lowest BCUT2D eigenvalue weighted by Gasteiger charge is -2.29. The molecule has 6 aromatic heterocycles. The lowest BCUT2D eigenvalue weighted by Crippen LogP contribution is -2.19. The Balaban J connectivity index is 0.000000126. The number of hydrogen-bond acceptors (Lipinski definition) is 13. The Kier molecular flexibility index (Phi) is 19.1. The lowest BCUT2D eigenvalue weighted by atomic mass is 9.77. The Morgan fingerprint density at radius 3 is 0.971 bits per heavy atom. The fourth-order valence-electron chi connectivity index (χ4n) is 16.2. The van der Waals surface area contributed by atoms with Gasteiger partial charge in [0.05, 0.1) is 35.7 Å². The van der Waals surface area contributed by atoms with Gasteiger partial charge < -0.3 is 32.5 Å². The number of hydrogen-bond donors (Lipinski definition) is 6. The van der Waals surface area contributed by atoms with Crippen molar-refractivity contribution < 1.29 is 29.7 Å². The minimum absolute atomic E-state index is 0.0846. The third kappa shape index (κ3) is 13.7. The molecule has 0 atom stereocenters. The molecular formula is C85H79N13O6. The Bertz CT molecular complexity index is 5370. The van der Waals surface area contributed by atoms with Crippen LogP contribution in [-0.2, 0) is 14.4 Å². The molecule has 6 heterocycles. The number of carbonyl (C=O) groups is 3. The number of aliphatic carboxylic acids is 3. The molecule has 0 unspecified atom stereocenters. The number of nitrogen functional groups attached to an aromatic ring is 3. The molecule has 19 heteroatoms. The van der Waals surface area contributed by atoms with Crippen molar-refractivity contribution in [3.63, 3.8) is 0 Å². The van der Waals surface area contributed by atoms with Gasteiger partial charge in [-0.1, -0.05) is 170 Å². The van der Waals surface area contributed by atoms with E-state index in [4.69, 9.17) is 37.3 Å². The number of nitrogens with zero attached hydrogens (tertiary/aromatic N) is 10. The summed E-state index contributed by atoms with van der Waals surface area (Å²) in [7, 11) is 0. The molecule has 0 aliphatic heterocycles. The average Bonchev–Trinajstić information content (AvgIpc) is 1.53. The zero-order valence-corrected chi connectivity index (χ0v) is 57.5. The van der Waals surface area contributed by atoms with Gasteiger partial charge in [-0.05, 0) is 173 Å². The van der Waals surface area contributed by atoms with E-state index in [0.29, 0.717) is 34.4 Å². The van der Waals surface area contributed by atoms with Crippen LogP contribution in [0.4, 0.5) is 17.5 Å². The van der Waals surface area contributed by atoms with E-state index in [1.807, 2.05) is 91.3 Å². The summed E-state index contributed by atoms with van der Waals surface area (Å²) in [6.07, 6.45) is 16.5. The van der Waals surface area contributed by atoms with Crippen LogP contribution in [0.3, 0.4) is 0 Å². The number of aromatic nitrogens is 9. The van der Waals surface area contributed by atoms with Gasteiger partial charge in [0, 0.05) is 64.8 Å². The summed E-state index contributed by atoms with van der Waals surface area (Å²) in [6, 6.07) is 66.3. The summed E-state index contributed by atoms with van der Waals surface area (Å²) in [6.45, 7) is 0. The van der Waals surface area contributed by atoms with Gasteiger partial charge in [-0.15, -0.1) is 0 Å². The number of rotatable bonds is 14. The summed E-state index contributed by atoms with van der Waals surface area (Å²) < 4.78 is 5.06. The first-order chi connectivity index (χ1) is 50.7. The van der Waals surface area contributed by atoms with Crippen molar-refractivity contribution in [2.24, 2.45) is 17.8 Å². The number of nitrogens with two attached hydrogens (primary N) is 3. The molecule has 0 spiro atoms. The van der Waals surface area contributed by atoms with Gasteiger partial charge in [0.2, 0.25) is 0 Å². The van der Waals surface area contributed by atoms with Gasteiger partial charge in [-0.2, -0.15) is 34.1 Å². The lowest BCUT2D eigenvalue weighted by molar-refractivity contribution is -0.139. The number of benzene rings is 8. The summed E-state index contributed by atoms with van der Waals surface area (Å²) in [5, 5.41) is 58.1. The van der Waals surface area contributed by atoms with Crippen LogP contribution in [0, 0.1) is 29.1 Å². The van der Waals surface area contributed by atoms with Crippen LogP contribution in [0.2, 0.25) is 0 Å². The van der Waals surface area contributed by atoms with Crippen molar-refractivity contribution in [3.8, 4) is 61.7 Å². The van der Waals surface area contributed by atoms with E-state index in [0.717, 1.165) is 166 Å². The number of carboxylic acid groups (broad SMARTS) is 3. The van der Waals surface area contributed by atoms with Crippen molar-refractivity contribution in [2.75, 3.05) is 17.2 Å². The van der Waals surface area contributed by atoms with Crippen LogP contribution >= 0.6 is 0 Å². The van der Waals surface area contributed by atoms with Gasteiger partial charge in [-0.3, -0.25) is 14.4 Å². The number of nitriles is 1. The second kappa shape index (κ2) is 29.3. The predicted octanol–water partition coefficient (Wildman–Crippen LogP) is 17.8. The normalized spacial score (nSPS) is 18.2. The van der Waals surface area contributed by atoms with E-state index in [2.05, 4.69) is 131 Å². The highest BCUT2D eigenvalue weighted by Crippen LogP contribution is 2.47. The third-order valence-electron chi connectivity index (χ3n) is 21.6. The Labute approximate surface area is 600 Å². The van der Waals surface area contributed by atoms with E-state index in [-0.39, 0.29) is 54.8 Å². The standard InChI is InChI=1S/2C30H28N4O2.C25H23N5O2/c2*31-29-27(21-7-2-1-3-8-21)28(22-12-10-19(11-13-22)16-26(35)36)33-30-25(18-32-34(29)30)24-15-14-20-6-4-5-9-23(20)17-24;26-13-20-23(17-7-5-15(6-8-17)11-22(31)32)29-25-21(14-28-30(25)24(20)27)19-10-9-16-3-1-2-4-18(16)12-19/h2*1-9,14-15,17-19,22H,10-13,16,31H2,(H,35,36);1-4,9-10,12,14-15,17H,5-8,11,27H2,(H,31,32). The van der Waals surface area contributed by atoms with Gasteiger partial charge in [-0.25, -0.2) is 15.0 Å². The van der Waals surface area contributed by atoms with Crippen LogP contribution in [0.1, 0.15) is 137 Å². The van der Waals surface area contributed by atoms with Gasteiger partial charge in [0.15, 0.2) is 16.9 Å². The Morgan fingerprint density at radius 1 is 0.365 bits per heavy atom. The predicted molar refractivity (Wildman–Crippen MR) is 407 cm³/mol. The minimum atomic E-state index is -0.755. The molecule has 104 heavy (non-hydrogen) atoms. The van der Waals surface area contributed by atoms with E-state index in [1.165, 1.54) is 21.5 Å². The van der Waals surface area contributed by atoms with E-state index >= 15 is 0 Å². The third-order valence-corrected chi connectivity index (χ3v) is 21.6. The fraction of sp³-hybridized carbons (Fsp3) is 0.247. The number of carboxylic acids is 3. The van der Waals surface area contributed by atoms with Crippen molar-refractivity contribution in [1.82, 2.24) is 43.8 Å². The zero-order chi connectivity index (χ0) is 71.5. The topological polar surface area (TPSA) is 304 Å². The van der Waals surface area contributed by atoms with Gasteiger partial charge in [0.1, 0.15) is 29.1 Å². The SMILES string of the molecule is N#Cc1c(C2CCC(CC(=O)O)CC2)nc2c(-c3ccc4ccccc4c3)cnn2c1N.Nc1c(-c2ccccc2)c(C2CCC(CC(=O)O)CC2)nc2c(-c3ccc4ccccc4c3)cnn12.Nc1c(-c2ccccc2)c(C2CCC(CC(=O)O)CC2)nc2c(-c3ccc4ccccc4c3)cnn12. The fourth-order valence-corrected chi connectivity index (χ4v) is 16.2. The molecule has 0 radical (unpaired) electrons. The molecule has 520 valence electrons. The largest absolute Gasteiger partial charge is 0.481 e. The summed E-state index contributed by atoms with van der Waals surface area (Å²) in [5.74, 6) is 0.432. The highest BCUT2D eigenvalue weighted by Gasteiger charge is 2.33.